The lowest BCUT2D eigenvalue weighted by molar-refractivity contribution is -0.138. The number of carbonyl (C=O) groups is 2. The summed E-state index contributed by atoms with van der Waals surface area (Å²) in [5.41, 5.74) is 2.23. The van der Waals surface area contributed by atoms with E-state index in [4.69, 9.17) is 5.11 Å². The van der Waals surface area contributed by atoms with E-state index in [1.165, 1.54) is 0 Å². The molecule has 1 heterocycles. The number of piperidine rings is 1. The lowest BCUT2D eigenvalue weighted by atomic mass is 9.68. The van der Waals surface area contributed by atoms with E-state index < -0.39 is 5.97 Å². The Morgan fingerprint density at radius 3 is 2.45 bits per heavy atom. The first-order chi connectivity index (χ1) is 14.8. The SMILES string of the molecule is C[C@H]1CN(C[C@@H](CC(=O)NCC(=O)O)c2ccccc2)CC[C@@]1(C)c1cccc(O)c1.O.O. The van der Waals surface area contributed by atoms with Crippen molar-refractivity contribution in [2.45, 2.75) is 38.0 Å². The van der Waals surface area contributed by atoms with Gasteiger partial charge in [-0.1, -0.05) is 56.3 Å². The van der Waals surface area contributed by atoms with Crippen molar-refractivity contribution in [2.75, 3.05) is 26.2 Å². The van der Waals surface area contributed by atoms with Crippen molar-refractivity contribution in [2.24, 2.45) is 5.92 Å². The van der Waals surface area contributed by atoms with Crippen LogP contribution in [0.1, 0.15) is 43.7 Å². The number of nitrogens with zero attached hydrogens (tertiary/aromatic N) is 1. The zero-order chi connectivity index (χ0) is 22.4. The van der Waals surface area contributed by atoms with Crippen LogP contribution in [0.15, 0.2) is 54.6 Å². The molecule has 1 amide bonds. The Bertz CT molecular complexity index is 907. The number of rotatable bonds is 8. The molecule has 3 rings (SSSR count). The van der Waals surface area contributed by atoms with Crippen molar-refractivity contribution < 1.29 is 30.8 Å². The summed E-state index contributed by atoms with van der Waals surface area (Å²) < 4.78 is 0. The van der Waals surface area contributed by atoms with E-state index in [9.17, 15) is 14.7 Å². The van der Waals surface area contributed by atoms with Crippen molar-refractivity contribution in [3.05, 3.63) is 65.7 Å². The second kappa shape index (κ2) is 12.3. The van der Waals surface area contributed by atoms with Gasteiger partial charge >= 0.3 is 5.97 Å². The van der Waals surface area contributed by atoms with Crippen molar-refractivity contribution >= 4 is 11.9 Å². The van der Waals surface area contributed by atoms with E-state index in [1.54, 1.807) is 6.07 Å². The standard InChI is InChI=1S/C25H32N2O4.2H2O/c1-18-16-27(12-11-25(18,2)21-9-6-10-22(28)14-21)17-20(19-7-4-3-5-8-19)13-23(29)26-15-24(30)31;;/h3-10,14,18,20,28H,11-13,15-17H2,1-2H3,(H,26,29)(H,30,31);2*1H2/t18-,20+,25+;;/m0../s1. The fourth-order valence-corrected chi connectivity index (χ4v) is 4.57. The van der Waals surface area contributed by atoms with Gasteiger partial charge in [-0.3, -0.25) is 9.59 Å². The van der Waals surface area contributed by atoms with Crippen molar-refractivity contribution in [1.82, 2.24) is 10.2 Å². The highest BCUT2D eigenvalue weighted by Crippen LogP contribution is 2.40. The minimum absolute atomic E-state index is 0. The van der Waals surface area contributed by atoms with Crippen LogP contribution in [0.25, 0.3) is 0 Å². The third-order valence-corrected chi connectivity index (χ3v) is 6.69. The number of carbonyl (C=O) groups excluding carboxylic acids is 1. The van der Waals surface area contributed by atoms with Crippen molar-refractivity contribution in [3.63, 3.8) is 0 Å². The fraction of sp³-hybridized carbons (Fsp3) is 0.440. The number of carboxylic acids is 1. The maximum atomic E-state index is 12.3. The number of benzene rings is 2. The molecule has 2 aromatic rings. The van der Waals surface area contributed by atoms with Crippen molar-refractivity contribution in [3.8, 4) is 5.75 Å². The molecule has 1 aliphatic rings. The maximum absolute atomic E-state index is 12.3. The molecule has 8 heteroatoms. The van der Waals surface area contributed by atoms with Gasteiger partial charge in [0.1, 0.15) is 12.3 Å². The minimum Gasteiger partial charge on any atom is -0.508 e. The summed E-state index contributed by atoms with van der Waals surface area (Å²) in [6, 6.07) is 17.5. The highest BCUT2D eigenvalue weighted by molar-refractivity contribution is 5.81. The molecule has 0 bridgehead atoms. The lowest BCUT2D eigenvalue weighted by Crippen LogP contribution is -2.48. The van der Waals surface area contributed by atoms with E-state index in [-0.39, 0.29) is 41.2 Å². The second-order valence-corrected chi connectivity index (χ2v) is 8.86. The van der Waals surface area contributed by atoms with Gasteiger partial charge < -0.3 is 31.4 Å². The van der Waals surface area contributed by atoms with Gasteiger partial charge in [0, 0.05) is 25.4 Å². The summed E-state index contributed by atoms with van der Waals surface area (Å²) >= 11 is 0. The molecule has 1 aliphatic heterocycles. The van der Waals surface area contributed by atoms with Crippen LogP contribution in [0.4, 0.5) is 0 Å². The monoisotopic (exact) mass is 460 g/mol. The van der Waals surface area contributed by atoms with E-state index in [1.807, 2.05) is 42.5 Å². The Kier molecular flexibility index (Phi) is 10.5. The summed E-state index contributed by atoms with van der Waals surface area (Å²) in [6.45, 7) is 6.68. The van der Waals surface area contributed by atoms with E-state index in [0.717, 1.165) is 37.2 Å². The van der Waals surface area contributed by atoms with Gasteiger partial charge in [-0.2, -0.15) is 0 Å². The number of hydrogen-bond donors (Lipinski definition) is 3. The van der Waals surface area contributed by atoms with Crippen molar-refractivity contribution in [1.29, 1.82) is 0 Å². The summed E-state index contributed by atoms with van der Waals surface area (Å²) in [5, 5.41) is 21.2. The number of phenolic OH excluding ortho intramolecular Hbond substituents is 1. The maximum Gasteiger partial charge on any atom is 0.322 e. The molecule has 3 atom stereocenters. The van der Waals surface area contributed by atoms with Gasteiger partial charge in [-0.05, 0) is 47.6 Å². The number of hydrogen-bond acceptors (Lipinski definition) is 4. The molecule has 0 aliphatic carbocycles. The topological polar surface area (TPSA) is 153 Å². The first-order valence-corrected chi connectivity index (χ1v) is 10.8. The van der Waals surface area contributed by atoms with Crippen LogP contribution in [0.2, 0.25) is 0 Å². The Labute approximate surface area is 194 Å². The Hall–Kier alpha value is -2.94. The van der Waals surface area contributed by atoms with Gasteiger partial charge in [0.25, 0.3) is 0 Å². The molecule has 33 heavy (non-hydrogen) atoms. The lowest BCUT2D eigenvalue weighted by Gasteiger charge is -2.46. The van der Waals surface area contributed by atoms with Crippen LogP contribution < -0.4 is 5.32 Å². The van der Waals surface area contributed by atoms with Gasteiger partial charge in [0.15, 0.2) is 0 Å². The van der Waals surface area contributed by atoms with E-state index in [2.05, 4.69) is 30.1 Å². The van der Waals surface area contributed by atoms with Gasteiger partial charge in [0.2, 0.25) is 5.91 Å². The summed E-state index contributed by atoms with van der Waals surface area (Å²) in [7, 11) is 0. The van der Waals surface area contributed by atoms with Gasteiger partial charge in [0.05, 0.1) is 0 Å². The molecule has 1 fully saturated rings. The molecule has 7 N–H and O–H groups in total. The summed E-state index contributed by atoms with van der Waals surface area (Å²) in [5.74, 6) is -0.621. The smallest absolute Gasteiger partial charge is 0.322 e. The number of phenols is 1. The average molecular weight is 461 g/mol. The Morgan fingerprint density at radius 1 is 1.15 bits per heavy atom. The summed E-state index contributed by atoms with van der Waals surface area (Å²) in [6.07, 6.45) is 1.22. The first kappa shape index (κ1) is 28.1. The highest BCUT2D eigenvalue weighted by Gasteiger charge is 2.38. The number of nitrogens with one attached hydrogen (secondary N) is 1. The van der Waals surface area contributed by atoms with Crippen LogP contribution >= 0.6 is 0 Å². The molecule has 2 aromatic carbocycles. The predicted molar refractivity (Wildman–Crippen MR) is 127 cm³/mol. The van der Waals surface area contributed by atoms with Crippen LogP contribution in [0.3, 0.4) is 0 Å². The Balaban J connectivity index is 0.00000272. The average Bonchev–Trinajstić information content (AvgIpc) is 2.75. The number of aromatic hydroxyl groups is 1. The minimum atomic E-state index is -1.04. The van der Waals surface area contributed by atoms with Crippen LogP contribution in [-0.2, 0) is 15.0 Å². The van der Waals surface area contributed by atoms with Crippen LogP contribution in [0.5, 0.6) is 5.75 Å². The molecule has 8 nitrogen and oxygen atoms in total. The third kappa shape index (κ3) is 7.28. The first-order valence-electron chi connectivity index (χ1n) is 10.8. The number of carboxylic acid groups (broad SMARTS) is 1. The largest absolute Gasteiger partial charge is 0.508 e. The number of amides is 1. The van der Waals surface area contributed by atoms with Crippen LogP contribution in [0, 0.1) is 5.92 Å². The molecule has 1 saturated heterocycles. The molecular weight excluding hydrogens is 424 g/mol. The molecule has 182 valence electrons. The number of aliphatic carboxylic acids is 1. The summed E-state index contributed by atoms with van der Waals surface area (Å²) in [4.78, 5) is 25.5. The highest BCUT2D eigenvalue weighted by atomic mass is 16.4. The third-order valence-electron chi connectivity index (χ3n) is 6.69. The van der Waals surface area contributed by atoms with E-state index in [0.29, 0.717) is 11.7 Å². The van der Waals surface area contributed by atoms with E-state index >= 15 is 0 Å². The zero-order valence-electron chi connectivity index (χ0n) is 19.3. The fourth-order valence-electron chi connectivity index (χ4n) is 4.57. The quantitative estimate of drug-likeness (QED) is 0.547. The second-order valence-electron chi connectivity index (χ2n) is 8.86. The molecular formula is C25H36N2O6. The number of likely N-dealkylation sites (tertiary alicyclic amines) is 1. The molecule has 0 unspecified atom stereocenters. The molecule has 0 aromatic heterocycles. The van der Waals surface area contributed by atoms with Gasteiger partial charge in [-0.25, -0.2) is 0 Å². The van der Waals surface area contributed by atoms with Crippen LogP contribution in [-0.4, -0.2) is 64.1 Å². The zero-order valence-corrected chi connectivity index (χ0v) is 19.3. The van der Waals surface area contributed by atoms with Gasteiger partial charge in [-0.15, -0.1) is 0 Å². The molecule has 0 spiro atoms. The normalized spacial score (nSPS) is 21.2. The molecule has 0 radical (unpaired) electrons. The Morgan fingerprint density at radius 2 is 1.85 bits per heavy atom. The molecule has 0 saturated carbocycles. The predicted octanol–water partition coefficient (Wildman–Crippen LogP) is 1.72.